The number of anilines is 1. The summed E-state index contributed by atoms with van der Waals surface area (Å²) in [6.45, 7) is 4.23. The molecule has 0 unspecified atom stereocenters. The van der Waals surface area contributed by atoms with Crippen LogP contribution in [0.15, 0.2) is 24.3 Å². The smallest absolute Gasteiger partial charge is 0.306 e. The Labute approximate surface area is 164 Å². The van der Waals surface area contributed by atoms with Gasteiger partial charge in [-0.15, -0.1) is 0 Å². The van der Waals surface area contributed by atoms with Crippen LogP contribution in [0.5, 0.6) is 0 Å². The topological polar surface area (TPSA) is 106 Å². The van der Waals surface area contributed by atoms with Crippen molar-refractivity contribution in [3.05, 3.63) is 29.8 Å². The molecule has 1 aromatic carbocycles. The first-order valence-electron chi connectivity index (χ1n) is 8.48. The molecule has 0 saturated carbocycles. The Hall–Kier alpha value is -2.52. The number of hydrogen-bond donors (Lipinski definition) is 3. The lowest BCUT2D eigenvalue weighted by Crippen LogP contribution is -2.34. The van der Waals surface area contributed by atoms with Gasteiger partial charge >= 0.3 is 5.97 Å². The number of rotatable bonds is 9. The third-order valence-electron chi connectivity index (χ3n) is 3.18. The molecule has 148 valence electrons. The maximum Gasteiger partial charge on any atom is 0.306 e. The molecule has 0 aromatic heterocycles. The van der Waals surface area contributed by atoms with Crippen LogP contribution in [-0.4, -0.2) is 49.3 Å². The van der Waals surface area contributed by atoms with Crippen molar-refractivity contribution in [1.29, 1.82) is 0 Å². The first-order chi connectivity index (χ1) is 12.8. The van der Waals surface area contributed by atoms with E-state index in [9.17, 15) is 14.4 Å². The minimum absolute atomic E-state index is 0.0397. The molecule has 1 aromatic rings. The fourth-order valence-electron chi connectivity index (χ4n) is 1.93. The summed E-state index contributed by atoms with van der Waals surface area (Å²) < 4.78 is 9.62. The van der Waals surface area contributed by atoms with Crippen molar-refractivity contribution in [3.8, 4) is 0 Å². The highest BCUT2D eigenvalue weighted by Gasteiger charge is 2.10. The summed E-state index contributed by atoms with van der Waals surface area (Å²) in [7, 11) is 1.50. The first kappa shape index (κ1) is 22.5. The molecule has 0 atom stereocenters. The lowest BCUT2D eigenvalue weighted by atomic mass is 10.2. The van der Waals surface area contributed by atoms with E-state index in [1.807, 2.05) is 13.8 Å². The number of thiocarbonyl (C=S) groups is 1. The predicted molar refractivity (Wildman–Crippen MR) is 105 cm³/mol. The second-order valence-electron chi connectivity index (χ2n) is 5.92. The first-order valence-corrected chi connectivity index (χ1v) is 8.89. The van der Waals surface area contributed by atoms with Crippen molar-refractivity contribution in [3.63, 3.8) is 0 Å². The molecule has 0 saturated heterocycles. The normalized spacial score (nSPS) is 10.2. The largest absolute Gasteiger partial charge is 0.463 e. The zero-order valence-corrected chi connectivity index (χ0v) is 16.5. The molecule has 0 bridgehead atoms. The van der Waals surface area contributed by atoms with E-state index in [2.05, 4.69) is 16.0 Å². The summed E-state index contributed by atoms with van der Waals surface area (Å²) >= 11 is 5.06. The molecule has 27 heavy (non-hydrogen) atoms. The third kappa shape index (κ3) is 9.66. The standard InChI is InChI=1S/C18H25N3O5S/c1-12(2)19-17(24)13-4-6-14(7-5-13)20-18(27)21-15(22)8-9-16(23)26-11-10-25-3/h4-7,12H,8-11H2,1-3H3,(H,19,24)(H2,20,21,22,27). The summed E-state index contributed by atoms with van der Waals surface area (Å²) in [6.07, 6.45) is -0.0836. The van der Waals surface area contributed by atoms with Gasteiger partial charge in [-0.05, 0) is 50.3 Å². The number of carbonyl (C=O) groups excluding carboxylic acids is 3. The van der Waals surface area contributed by atoms with E-state index >= 15 is 0 Å². The van der Waals surface area contributed by atoms with Crippen LogP contribution in [0.25, 0.3) is 0 Å². The molecule has 0 fully saturated rings. The molecule has 2 amide bonds. The van der Waals surface area contributed by atoms with Gasteiger partial charge in [0.05, 0.1) is 13.0 Å². The third-order valence-corrected chi connectivity index (χ3v) is 3.39. The molecule has 0 radical (unpaired) electrons. The fourth-order valence-corrected chi connectivity index (χ4v) is 2.16. The molecule has 3 N–H and O–H groups in total. The Bertz CT molecular complexity index is 661. The molecule has 0 spiro atoms. The summed E-state index contributed by atoms with van der Waals surface area (Å²) in [5, 5.41) is 8.23. The molecule has 1 rings (SSSR count). The molecule has 0 aliphatic heterocycles. The number of carbonyl (C=O) groups is 3. The van der Waals surface area contributed by atoms with Crippen LogP contribution in [-0.2, 0) is 19.1 Å². The van der Waals surface area contributed by atoms with Gasteiger partial charge in [-0.3, -0.25) is 14.4 Å². The van der Waals surface area contributed by atoms with Crippen LogP contribution in [0.3, 0.4) is 0 Å². The van der Waals surface area contributed by atoms with Gasteiger partial charge in [0.25, 0.3) is 5.91 Å². The number of esters is 1. The molecule has 8 nitrogen and oxygen atoms in total. The quantitative estimate of drug-likeness (QED) is 0.331. The van der Waals surface area contributed by atoms with Crippen LogP contribution in [0.2, 0.25) is 0 Å². The Balaban J connectivity index is 2.38. The van der Waals surface area contributed by atoms with Gasteiger partial charge in [0.1, 0.15) is 6.61 Å². The van der Waals surface area contributed by atoms with Gasteiger partial charge in [-0.1, -0.05) is 0 Å². The number of amides is 2. The van der Waals surface area contributed by atoms with Crippen molar-refractivity contribution in [2.24, 2.45) is 0 Å². The molecule has 0 heterocycles. The van der Waals surface area contributed by atoms with E-state index in [0.29, 0.717) is 17.9 Å². The van der Waals surface area contributed by atoms with Crippen LogP contribution >= 0.6 is 12.2 Å². The summed E-state index contributed by atoms with van der Waals surface area (Å²) in [4.78, 5) is 35.1. The second-order valence-corrected chi connectivity index (χ2v) is 6.33. The van der Waals surface area contributed by atoms with E-state index in [1.165, 1.54) is 7.11 Å². The second kappa shape index (κ2) is 12.0. The average Bonchev–Trinajstić information content (AvgIpc) is 2.60. The van der Waals surface area contributed by atoms with E-state index in [-0.39, 0.29) is 36.5 Å². The monoisotopic (exact) mass is 395 g/mol. The van der Waals surface area contributed by atoms with Gasteiger partial charge in [0, 0.05) is 30.8 Å². The number of hydrogen-bond acceptors (Lipinski definition) is 6. The molecular formula is C18H25N3O5S. The lowest BCUT2D eigenvalue weighted by molar-refractivity contribution is -0.146. The highest BCUT2D eigenvalue weighted by atomic mass is 32.1. The highest BCUT2D eigenvalue weighted by Crippen LogP contribution is 2.10. The van der Waals surface area contributed by atoms with Gasteiger partial charge in [-0.25, -0.2) is 0 Å². The Morgan fingerprint density at radius 2 is 1.74 bits per heavy atom. The Kier molecular flexibility index (Phi) is 9.99. The molecule has 9 heteroatoms. The van der Waals surface area contributed by atoms with Gasteiger partial charge in [0.15, 0.2) is 5.11 Å². The molecule has 0 aliphatic rings. The summed E-state index contributed by atoms with van der Waals surface area (Å²) in [6, 6.07) is 6.72. The molecule has 0 aliphatic carbocycles. The van der Waals surface area contributed by atoms with E-state index in [4.69, 9.17) is 21.7 Å². The van der Waals surface area contributed by atoms with Gasteiger partial charge in [-0.2, -0.15) is 0 Å². The maximum absolute atomic E-state index is 11.9. The SMILES string of the molecule is COCCOC(=O)CCC(=O)NC(=S)Nc1ccc(C(=O)NC(C)C)cc1. The van der Waals surface area contributed by atoms with Crippen LogP contribution in [0, 0.1) is 0 Å². The van der Waals surface area contributed by atoms with Crippen LogP contribution in [0.4, 0.5) is 5.69 Å². The van der Waals surface area contributed by atoms with Crippen LogP contribution < -0.4 is 16.0 Å². The fraction of sp³-hybridized carbons (Fsp3) is 0.444. The number of nitrogens with one attached hydrogen (secondary N) is 3. The van der Waals surface area contributed by atoms with Crippen molar-refractivity contribution < 1.29 is 23.9 Å². The van der Waals surface area contributed by atoms with E-state index < -0.39 is 11.9 Å². The van der Waals surface area contributed by atoms with Gasteiger partial charge in [0.2, 0.25) is 5.91 Å². The summed E-state index contributed by atoms with van der Waals surface area (Å²) in [5.41, 5.74) is 1.15. The molecular weight excluding hydrogens is 370 g/mol. The minimum atomic E-state index is -0.476. The van der Waals surface area contributed by atoms with E-state index in [1.54, 1.807) is 24.3 Å². The average molecular weight is 395 g/mol. The lowest BCUT2D eigenvalue weighted by Gasteiger charge is -2.11. The highest BCUT2D eigenvalue weighted by molar-refractivity contribution is 7.80. The van der Waals surface area contributed by atoms with Crippen LogP contribution in [0.1, 0.15) is 37.0 Å². The zero-order valence-electron chi connectivity index (χ0n) is 15.7. The van der Waals surface area contributed by atoms with E-state index in [0.717, 1.165) is 0 Å². The van der Waals surface area contributed by atoms with Gasteiger partial charge < -0.3 is 25.4 Å². The summed E-state index contributed by atoms with van der Waals surface area (Å²) in [5.74, 6) is -1.04. The van der Waals surface area contributed by atoms with Crippen molar-refractivity contribution in [1.82, 2.24) is 10.6 Å². The van der Waals surface area contributed by atoms with Crippen molar-refractivity contribution in [2.45, 2.75) is 32.7 Å². The zero-order chi connectivity index (χ0) is 20.2. The minimum Gasteiger partial charge on any atom is -0.463 e. The van der Waals surface area contributed by atoms with Crippen molar-refractivity contribution in [2.75, 3.05) is 25.6 Å². The van der Waals surface area contributed by atoms with Crippen molar-refractivity contribution >= 4 is 40.8 Å². The number of ether oxygens (including phenoxy) is 2. The Morgan fingerprint density at radius 1 is 1.07 bits per heavy atom. The number of methoxy groups -OCH3 is 1. The predicted octanol–water partition coefficient (Wildman–Crippen LogP) is 1.61. The maximum atomic E-state index is 11.9. The number of benzene rings is 1. The Morgan fingerprint density at radius 3 is 2.33 bits per heavy atom.